The van der Waals surface area contributed by atoms with Crippen LogP contribution in [0.5, 0.6) is 5.75 Å². The molecule has 0 spiro atoms. The van der Waals surface area contributed by atoms with E-state index in [1.165, 1.54) is 5.56 Å². The molecule has 4 aromatic rings. The van der Waals surface area contributed by atoms with Gasteiger partial charge in [0.25, 0.3) is 5.91 Å². The molecule has 5 nitrogen and oxygen atoms in total. The Bertz CT molecular complexity index is 1090. The van der Waals surface area contributed by atoms with Gasteiger partial charge in [-0.15, -0.1) is 0 Å². The Morgan fingerprint density at radius 2 is 1.87 bits per heavy atom. The highest BCUT2D eigenvalue weighted by atomic mass is 16.5. The maximum atomic E-state index is 12.8. The summed E-state index contributed by atoms with van der Waals surface area (Å²) in [6, 6.07) is 23.6. The normalized spacial score (nSPS) is 10.8. The lowest BCUT2D eigenvalue weighted by Crippen LogP contribution is -2.28. The first-order valence-corrected chi connectivity index (χ1v) is 10.1. The molecule has 1 amide bonds. The lowest BCUT2D eigenvalue weighted by atomic mass is 10.1. The molecule has 152 valence electrons. The summed E-state index contributed by atoms with van der Waals surface area (Å²) in [5.74, 6) is 0.664. The predicted octanol–water partition coefficient (Wildman–Crippen LogP) is 4.62. The van der Waals surface area contributed by atoms with E-state index in [9.17, 15) is 4.79 Å². The summed E-state index contributed by atoms with van der Waals surface area (Å²) in [6.07, 6.45) is 5.79. The Balaban J connectivity index is 1.33. The summed E-state index contributed by atoms with van der Waals surface area (Å²) in [6.45, 7) is 1.06. The highest BCUT2D eigenvalue weighted by molar-refractivity contribution is 5.94. The van der Waals surface area contributed by atoms with Crippen molar-refractivity contribution in [2.24, 2.45) is 0 Å². The molecule has 0 saturated carbocycles. The zero-order chi connectivity index (χ0) is 20.8. The molecule has 5 heteroatoms. The molecule has 0 atom stereocenters. The number of amides is 1. The van der Waals surface area contributed by atoms with E-state index < -0.39 is 0 Å². The van der Waals surface area contributed by atoms with Gasteiger partial charge in [-0.25, -0.2) is 4.98 Å². The summed E-state index contributed by atoms with van der Waals surface area (Å²) in [5.41, 5.74) is 3.65. The van der Waals surface area contributed by atoms with Crippen LogP contribution in [-0.2, 0) is 13.0 Å². The fourth-order valence-electron chi connectivity index (χ4n) is 3.42. The second-order valence-corrected chi connectivity index (χ2v) is 7.33. The van der Waals surface area contributed by atoms with Crippen molar-refractivity contribution >= 4 is 11.6 Å². The fraction of sp³-hybridized carbons (Fsp3) is 0.200. The first-order valence-electron chi connectivity index (χ1n) is 10.1. The second kappa shape index (κ2) is 9.27. The number of fused-ring (bicyclic) bond motifs is 1. The van der Waals surface area contributed by atoms with Gasteiger partial charge in [-0.1, -0.05) is 42.5 Å². The predicted molar refractivity (Wildman–Crippen MR) is 118 cm³/mol. The van der Waals surface area contributed by atoms with Crippen molar-refractivity contribution in [3.8, 4) is 5.75 Å². The van der Waals surface area contributed by atoms with E-state index in [1.54, 1.807) is 11.0 Å². The van der Waals surface area contributed by atoms with Gasteiger partial charge in [-0.3, -0.25) is 4.79 Å². The summed E-state index contributed by atoms with van der Waals surface area (Å²) in [7, 11) is 1.84. The van der Waals surface area contributed by atoms with Gasteiger partial charge in [-0.05, 0) is 48.7 Å². The number of imidazole rings is 1. The average Bonchev–Trinajstić information content (AvgIpc) is 3.21. The molecule has 2 heterocycles. The zero-order valence-electron chi connectivity index (χ0n) is 17.1. The van der Waals surface area contributed by atoms with Crippen molar-refractivity contribution in [3.05, 3.63) is 102 Å². The van der Waals surface area contributed by atoms with E-state index in [0.717, 1.165) is 24.2 Å². The largest absolute Gasteiger partial charge is 0.487 e. The number of carbonyl (C=O) groups is 1. The number of carbonyl (C=O) groups excluding carboxylic acids is 1. The van der Waals surface area contributed by atoms with Crippen molar-refractivity contribution in [1.82, 2.24) is 14.3 Å². The van der Waals surface area contributed by atoms with Crippen LogP contribution < -0.4 is 4.74 Å². The van der Waals surface area contributed by atoms with E-state index in [2.05, 4.69) is 17.1 Å². The first-order chi connectivity index (χ1) is 14.7. The number of hydrogen-bond donors (Lipinski definition) is 0. The third-order valence-corrected chi connectivity index (χ3v) is 5.03. The lowest BCUT2D eigenvalue weighted by molar-refractivity contribution is 0.0793. The molecule has 0 saturated heterocycles. The van der Waals surface area contributed by atoms with E-state index in [1.807, 2.05) is 78.4 Å². The quantitative estimate of drug-likeness (QED) is 0.434. The number of aryl methyl sites for hydroxylation is 1. The fourth-order valence-corrected chi connectivity index (χ4v) is 3.42. The number of pyridine rings is 1. The number of benzene rings is 2. The van der Waals surface area contributed by atoms with E-state index in [4.69, 9.17) is 4.74 Å². The third-order valence-electron chi connectivity index (χ3n) is 5.03. The SMILES string of the molecule is CN(CCCc1ccccc1)C(=O)c1cccc(OCc2cn3ccccc3n2)c1. The lowest BCUT2D eigenvalue weighted by Gasteiger charge is -2.17. The molecule has 0 unspecified atom stereocenters. The molecule has 0 radical (unpaired) electrons. The van der Waals surface area contributed by atoms with Crippen molar-refractivity contribution in [1.29, 1.82) is 0 Å². The summed E-state index contributed by atoms with van der Waals surface area (Å²) >= 11 is 0. The number of aromatic nitrogens is 2. The smallest absolute Gasteiger partial charge is 0.253 e. The van der Waals surface area contributed by atoms with Gasteiger partial charge in [0.1, 0.15) is 18.0 Å². The number of nitrogens with zero attached hydrogens (tertiary/aromatic N) is 3. The first kappa shape index (κ1) is 19.7. The summed E-state index contributed by atoms with van der Waals surface area (Å²) in [4.78, 5) is 19.1. The van der Waals surface area contributed by atoms with Crippen LogP contribution in [0.4, 0.5) is 0 Å². The van der Waals surface area contributed by atoms with E-state index in [0.29, 0.717) is 24.5 Å². The highest BCUT2D eigenvalue weighted by Crippen LogP contribution is 2.17. The zero-order valence-corrected chi connectivity index (χ0v) is 17.1. The van der Waals surface area contributed by atoms with E-state index in [-0.39, 0.29) is 5.91 Å². The standard InChI is InChI=1S/C25H25N3O2/c1-27(15-8-11-20-9-3-2-4-10-20)25(29)21-12-7-13-23(17-21)30-19-22-18-28-16-6-5-14-24(28)26-22/h2-7,9-10,12-14,16-18H,8,11,15,19H2,1H3. The van der Waals surface area contributed by atoms with Crippen LogP contribution in [0.15, 0.2) is 85.2 Å². The number of hydrogen-bond acceptors (Lipinski definition) is 3. The van der Waals surface area contributed by atoms with Crippen molar-refractivity contribution in [2.75, 3.05) is 13.6 Å². The van der Waals surface area contributed by atoms with Gasteiger partial charge in [0.2, 0.25) is 0 Å². The Morgan fingerprint density at radius 1 is 1.03 bits per heavy atom. The molecule has 4 rings (SSSR count). The average molecular weight is 399 g/mol. The summed E-state index contributed by atoms with van der Waals surface area (Å²) in [5, 5.41) is 0. The maximum absolute atomic E-state index is 12.8. The molecule has 0 fully saturated rings. The monoisotopic (exact) mass is 399 g/mol. The van der Waals surface area contributed by atoms with Gasteiger partial charge < -0.3 is 14.0 Å². The van der Waals surface area contributed by atoms with Crippen molar-refractivity contribution < 1.29 is 9.53 Å². The Kier molecular flexibility index (Phi) is 6.09. The maximum Gasteiger partial charge on any atom is 0.253 e. The molecular formula is C25H25N3O2. The van der Waals surface area contributed by atoms with Gasteiger partial charge in [0, 0.05) is 31.5 Å². The van der Waals surface area contributed by atoms with Crippen LogP contribution in [-0.4, -0.2) is 33.8 Å². The van der Waals surface area contributed by atoms with Gasteiger partial charge in [0.15, 0.2) is 0 Å². The van der Waals surface area contributed by atoms with Crippen LogP contribution in [0.25, 0.3) is 5.65 Å². The minimum Gasteiger partial charge on any atom is -0.487 e. The molecule has 2 aromatic heterocycles. The topological polar surface area (TPSA) is 46.8 Å². The molecule has 0 N–H and O–H groups in total. The molecule has 0 aliphatic carbocycles. The highest BCUT2D eigenvalue weighted by Gasteiger charge is 2.12. The Labute approximate surface area is 176 Å². The van der Waals surface area contributed by atoms with E-state index >= 15 is 0 Å². The van der Waals surface area contributed by atoms with Crippen LogP contribution in [0.2, 0.25) is 0 Å². The molecule has 2 aromatic carbocycles. The number of ether oxygens (including phenoxy) is 1. The second-order valence-electron chi connectivity index (χ2n) is 7.33. The van der Waals surface area contributed by atoms with Gasteiger partial charge >= 0.3 is 0 Å². The molecule has 0 aliphatic heterocycles. The molecular weight excluding hydrogens is 374 g/mol. The third kappa shape index (κ3) is 4.87. The van der Waals surface area contributed by atoms with Gasteiger partial charge in [-0.2, -0.15) is 0 Å². The summed E-state index contributed by atoms with van der Waals surface area (Å²) < 4.78 is 7.85. The van der Waals surface area contributed by atoms with Crippen LogP contribution in [0.1, 0.15) is 28.0 Å². The molecule has 0 aliphatic rings. The minimum absolute atomic E-state index is 0.00115. The van der Waals surface area contributed by atoms with Crippen molar-refractivity contribution in [3.63, 3.8) is 0 Å². The Hall–Kier alpha value is -3.60. The van der Waals surface area contributed by atoms with Crippen LogP contribution in [0.3, 0.4) is 0 Å². The molecule has 30 heavy (non-hydrogen) atoms. The van der Waals surface area contributed by atoms with Gasteiger partial charge in [0.05, 0.1) is 5.69 Å². The molecule has 0 bridgehead atoms. The Morgan fingerprint density at radius 3 is 2.70 bits per heavy atom. The minimum atomic E-state index is 0.00115. The van der Waals surface area contributed by atoms with Crippen LogP contribution >= 0.6 is 0 Å². The van der Waals surface area contributed by atoms with Crippen molar-refractivity contribution in [2.45, 2.75) is 19.4 Å². The van der Waals surface area contributed by atoms with Crippen LogP contribution in [0, 0.1) is 0 Å². The number of rotatable bonds is 8.